The van der Waals surface area contributed by atoms with E-state index in [2.05, 4.69) is 21.0 Å². The van der Waals surface area contributed by atoms with Gasteiger partial charge in [-0.2, -0.15) is 5.10 Å². The standard InChI is InChI=1S/C16H13BrN2O3/c1-22-16(21)14-7-12(17)6-11-8-18-19(15(11)14)9-10-2-4-13(20)5-3-10/h2-8,20H,9H2,1H3. The number of phenols is 1. The number of benzene rings is 2. The van der Waals surface area contributed by atoms with Gasteiger partial charge in [0.1, 0.15) is 5.75 Å². The number of aromatic hydroxyl groups is 1. The molecule has 112 valence electrons. The molecule has 0 aliphatic carbocycles. The van der Waals surface area contributed by atoms with Crippen LogP contribution < -0.4 is 0 Å². The second-order valence-corrected chi connectivity index (χ2v) is 5.77. The van der Waals surface area contributed by atoms with E-state index < -0.39 is 5.97 Å². The first-order chi connectivity index (χ1) is 10.6. The van der Waals surface area contributed by atoms with Gasteiger partial charge < -0.3 is 9.84 Å². The maximum atomic E-state index is 12.0. The van der Waals surface area contributed by atoms with Gasteiger partial charge in [-0.15, -0.1) is 0 Å². The smallest absolute Gasteiger partial charge is 0.340 e. The normalized spacial score (nSPS) is 10.8. The van der Waals surface area contributed by atoms with Crippen molar-refractivity contribution in [2.45, 2.75) is 6.54 Å². The number of hydrogen-bond acceptors (Lipinski definition) is 4. The molecule has 5 nitrogen and oxygen atoms in total. The first-order valence-electron chi connectivity index (χ1n) is 6.60. The number of nitrogens with zero attached hydrogens (tertiary/aromatic N) is 2. The van der Waals surface area contributed by atoms with Crippen LogP contribution in [0.3, 0.4) is 0 Å². The third-order valence-electron chi connectivity index (χ3n) is 3.37. The molecule has 0 radical (unpaired) electrons. The molecule has 0 saturated carbocycles. The minimum absolute atomic E-state index is 0.216. The van der Waals surface area contributed by atoms with Crippen LogP contribution in [0.5, 0.6) is 5.75 Å². The Balaban J connectivity index is 2.10. The van der Waals surface area contributed by atoms with Crippen LogP contribution in [0.4, 0.5) is 0 Å². The molecule has 0 atom stereocenters. The summed E-state index contributed by atoms with van der Waals surface area (Å²) in [5.74, 6) is -0.188. The van der Waals surface area contributed by atoms with Crippen LogP contribution in [0.15, 0.2) is 47.1 Å². The Bertz CT molecular complexity index is 840. The van der Waals surface area contributed by atoms with E-state index in [1.165, 1.54) is 7.11 Å². The van der Waals surface area contributed by atoms with Gasteiger partial charge in [0.05, 0.1) is 30.9 Å². The van der Waals surface area contributed by atoms with Crippen molar-refractivity contribution in [1.82, 2.24) is 9.78 Å². The van der Waals surface area contributed by atoms with Crippen LogP contribution in [0.1, 0.15) is 15.9 Å². The van der Waals surface area contributed by atoms with Crippen molar-refractivity contribution < 1.29 is 14.6 Å². The number of halogens is 1. The number of methoxy groups -OCH3 is 1. The SMILES string of the molecule is COC(=O)c1cc(Br)cc2cnn(Cc3ccc(O)cc3)c12. The topological polar surface area (TPSA) is 64.3 Å². The third kappa shape index (κ3) is 2.69. The second kappa shape index (κ2) is 5.81. The van der Waals surface area contributed by atoms with Crippen molar-refractivity contribution >= 4 is 32.8 Å². The molecule has 22 heavy (non-hydrogen) atoms. The van der Waals surface area contributed by atoms with Gasteiger partial charge in [0, 0.05) is 9.86 Å². The highest BCUT2D eigenvalue weighted by Crippen LogP contribution is 2.26. The van der Waals surface area contributed by atoms with E-state index in [0.717, 1.165) is 20.9 Å². The van der Waals surface area contributed by atoms with Crippen LogP contribution >= 0.6 is 15.9 Å². The van der Waals surface area contributed by atoms with Crippen LogP contribution in [0.2, 0.25) is 0 Å². The molecule has 0 aliphatic rings. The van der Waals surface area contributed by atoms with E-state index in [1.54, 1.807) is 29.1 Å². The Morgan fingerprint density at radius 3 is 2.73 bits per heavy atom. The molecule has 1 heterocycles. The summed E-state index contributed by atoms with van der Waals surface area (Å²) in [5, 5.41) is 14.6. The predicted molar refractivity (Wildman–Crippen MR) is 86.0 cm³/mol. The van der Waals surface area contributed by atoms with Gasteiger partial charge in [-0.1, -0.05) is 28.1 Å². The molecule has 3 rings (SSSR count). The number of esters is 1. The zero-order valence-electron chi connectivity index (χ0n) is 11.8. The van der Waals surface area contributed by atoms with Crippen molar-refractivity contribution in [2.24, 2.45) is 0 Å². The first kappa shape index (κ1) is 14.6. The molecule has 1 aromatic heterocycles. The average molecular weight is 361 g/mol. The summed E-state index contributed by atoms with van der Waals surface area (Å²) in [5.41, 5.74) is 2.16. The maximum absolute atomic E-state index is 12.0. The number of aromatic nitrogens is 2. The number of carbonyl (C=O) groups is 1. The summed E-state index contributed by atoms with van der Waals surface area (Å²) >= 11 is 3.39. The molecule has 0 unspecified atom stereocenters. The summed E-state index contributed by atoms with van der Waals surface area (Å²) in [6.07, 6.45) is 1.72. The molecular weight excluding hydrogens is 348 g/mol. The zero-order chi connectivity index (χ0) is 15.7. The lowest BCUT2D eigenvalue weighted by Gasteiger charge is -2.08. The van der Waals surface area contributed by atoms with E-state index in [0.29, 0.717) is 12.1 Å². The van der Waals surface area contributed by atoms with Crippen molar-refractivity contribution in [1.29, 1.82) is 0 Å². The zero-order valence-corrected chi connectivity index (χ0v) is 13.4. The molecule has 6 heteroatoms. The molecule has 3 aromatic rings. The Morgan fingerprint density at radius 2 is 2.05 bits per heavy atom. The van der Waals surface area contributed by atoms with Crippen molar-refractivity contribution in [3.63, 3.8) is 0 Å². The maximum Gasteiger partial charge on any atom is 0.340 e. The van der Waals surface area contributed by atoms with Crippen molar-refractivity contribution in [2.75, 3.05) is 7.11 Å². The van der Waals surface area contributed by atoms with E-state index in [9.17, 15) is 9.90 Å². The van der Waals surface area contributed by atoms with Crippen LogP contribution in [0, 0.1) is 0 Å². The minimum Gasteiger partial charge on any atom is -0.508 e. The average Bonchev–Trinajstić information content (AvgIpc) is 2.90. The van der Waals surface area contributed by atoms with Crippen LogP contribution in [-0.4, -0.2) is 28.0 Å². The molecule has 2 aromatic carbocycles. The lowest BCUT2D eigenvalue weighted by atomic mass is 10.1. The molecule has 0 amide bonds. The molecule has 0 spiro atoms. The minimum atomic E-state index is -0.404. The van der Waals surface area contributed by atoms with Gasteiger partial charge in [0.2, 0.25) is 0 Å². The number of hydrogen-bond donors (Lipinski definition) is 1. The van der Waals surface area contributed by atoms with Gasteiger partial charge in [-0.05, 0) is 29.8 Å². The van der Waals surface area contributed by atoms with E-state index in [1.807, 2.05) is 18.2 Å². The van der Waals surface area contributed by atoms with Crippen LogP contribution in [0.25, 0.3) is 10.9 Å². The second-order valence-electron chi connectivity index (χ2n) is 4.85. The summed E-state index contributed by atoms with van der Waals surface area (Å²) in [6, 6.07) is 10.5. The summed E-state index contributed by atoms with van der Waals surface area (Å²) in [6.45, 7) is 0.495. The Labute approximate surface area is 135 Å². The lowest BCUT2D eigenvalue weighted by Crippen LogP contribution is -2.08. The molecule has 1 N–H and O–H groups in total. The van der Waals surface area contributed by atoms with Gasteiger partial charge >= 0.3 is 5.97 Å². The molecular formula is C16H13BrN2O3. The van der Waals surface area contributed by atoms with Crippen molar-refractivity contribution in [3.05, 3.63) is 58.2 Å². The summed E-state index contributed by atoms with van der Waals surface area (Å²) < 4.78 is 7.40. The van der Waals surface area contributed by atoms with E-state index >= 15 is 0 Å². The summed E-state index contributed by atoms with van der Waals surface area (Å²) in [7, 11) is 1.36. The highest BCUT2D eigenvalue weighted by molar-refractivity contribution is 9.10. The Morgan fingerprint density at radius 1 is 1.32 bits per heavy atom. The Kier molecular flexibility index (Phi) is 3.85. The fraction of sp³-hybridized carbons (Fsp3) is 0.125. The Hall–Kier alpha value is -2.34. The largest absolute Gasteiger partial charge is 0.508 e. The fourth-order valence-corrected chi connectivity index (χ4v) is 2.83. The monoisotopic (exact) mass is 360 g/mol. The predicted octanol–water partition coefficient (Wildman–Crippen LogP) is 3.34. The molecule has 0 saturated heterocycles. The van der Waals surface area contributed by atoms with Gasteiger partial charge in [0.15, 0.2) is 0 Å². The quantitative estimate of drug-likeness (QED) is 0.727. The molecule has 0 fully saturated rings. The van der Waals surface area contributed by atoms with Gasteiger partial charge in [0.25, 0.3) is 0 Å². The number of rotatable bonds is 3. The summed E-state index contributed by atoms with van der Waals surface area (Å²) in [4.78, 5) is 12.0. The molecule has 0 aliphatic heterocycles. The fourth-order valence-electron chi connectivity index (χ4n) is 2.36. The highest BCUT2D eigenvalue weighted by atomic mass is 79.9. The lowest BCUT2D eigenvalue weighted by molar-refractivity contribution is 0.0602. The van der Waals surface area contributed by atoms with Crippen molar-refractivity contribution in [3.8, 4) is 5.75 Å². The third-order valence-corrected chi connectivity index (χ3v) is 3.83. The van der Waals surface area contributed by atoms with Gasteiger partial charge in [-0.3, -0.25) is 4.68 Å². The van der Waals surface area contributed by atoms with E-state index in [4.69, 9.17) is 4.74 Å². The number of ether oxygens (including phenoxy) is 1. The number of carbonyl (C=O) groups excluding carboxylic acids is 1. The first-order valence-corrected chi connectivity index (χ1v) is 7.39. The highest BCUT2D eigenvalue weighted by Gasteiger charge is 2.16. The van der Waals surface area contributed by atoms with Gasteiger partial charge in [-0.25, -0.2) is 4.79 Å². The van der Waals surface area contributed by atoms with E-state index in [-0.39, 0.29) is 5.75 Å². The van der Waals surface area contributed by atoms with Crippen LogP contribution in [-0.2, 0) is 11.3 Å². The molecule has 0 bridgehead atoms. The number of fused-ring (bicyclic) bond motifs is 1. The number of phenolic OH excluding ortho intramolecular Hbond substituents is 1.